The standard InChI is InChI=1S/C19H20F2IN3O4/c20-11-7-16(25-15-2-1-12(22)9-14(15)21)18(19(23)28)17(8-11)29-6-3-13(27)10-24-4-5-26/h1-2,7-9,24-26H,3-6,10H2,(H2,23,28). The minimum absolute atomic E-state index is 0.00164. The number of carbonyl (C=O) groups is 2. The van der Waals surface area contributed by atoms with Gasteiger partial charge in [-0.3, -0.25) is 9.59 Å². The van der Waals surface area contributed by atoms with Crippen LogP contribution in [0, 0.1) is 15.2 Å². The number of amides is 1. The van der Waals surface area contributed by atoms with Gasteiger partial charge >= 0.3 is 0 Å². The minimum atomic E-state index is -0.899. The Morgan fingerprint density at radius 1 is 1.17 bits per heavy atom. The lowest BCUT2D eigenvalue weighted by molar-refractivity contribution is -0.118. The van der Waals surface area contributed by atoms with Gasteiger partial charge in [-0.1, -0.05) is 0 Å². The van der Waals surface area contributed by atoms with Crippen molar-refractivity contribution in [3.8, 4) is 5.75 Å². The summed E-state index contributed by atoms with van der Waals surface area (Å²) < 4.78 is 34.3. The smallest absolute Gasteiger partial charge is 0.254 e. The van der Waals surface area contributed by atoms with Gasteiger partial charge in [0.05, 0.1) is 31.1 Å². The lowest BCUT2D eigenvalue weighted by Crippen LogP contribution is -2.26. The lowest BCUT2D eigenvalue weighted by Gasteiger charge is -2.16. The van der Waals surface area contributed by atoms with Crippen molar-refractivity contribution in [1.82, 2.24) is 5.32 Å². The van der Waals surface area contributed by atoms with Gasteiger partial charge in [0.1, 0.15) is 28.7 Å². The maximum Gasteiger partial charge on any atom is 0.254 e. The summed E-state index contributed by atoms with van der Waals surface area (Å²) in [7, 11) is 0. The van der Waals surface area contributed by atoms with Crippen LogP contribution in [0.2, 0.25) is 0 Å². The highest BCUT2D eigenvalue weighted by Gasteiger charge is 2.19. The number of Topliss-reactive ketones (excluding diaryl/α,β-unsaturated/α-hetero) is 1. The van der Waals surface area contributed by atoms with Crippen LogP contribution in [-0.4, -0.2) is 43.1 Å². The SMILES string of the molecule is NC(=O)c1c(Nc2ccc(I)cc2F)cc(F)cc1OCCC(=O)CNCCO. The van der Waals surface area contributed by atoms with Crippen molar-refractivity contribution in [1.29, 1.82) is 0 Å². The van der Waals surface area contributed by atoms with Crippen molar-refractivity contribution in [2.24, 2.45) is 5.73 Å². The fourth-order valence-electron chi connectivity index (χ4n) is 2.45. The molecule has 2 rings (SSSR count). The number of hydrogen-bond acceptors (Lipinski definition) is 6. The number of primary amides is 1. The number of aliphatic hydroxyl groups excluding tert-OH is 1. The molecule has 0 aromatic heterocycles. The number of anilines is 2. The molecule has 0 aliphatic carbocycles. The molecular formula is C19H20F2IN3O4. The number of ketones is 1. The van der Waals surface area contributed by atoms with Gasteiger partial charge in [-0.15, -0.1) is 0 Å². The summed E-state index contributed by atoms with van der Waals surface area (Å²) in [6.07, 6.45) is 0.00164. The van der Waals surface area contributed by atoms with Crippen molar-refractivity contribution in [3.05, 3.63) is 51.1 Å². The highest BCUT2D eigenvalue weighted by Crippen LogP contribution is 2.31. The van der Waals surface area contributed by atoms with Crippen LogP contribution in [0.1, 0.15) is 16.8 Å². The van der Waals surface area contributed by atoms with Gasteiger partial charge in [0.2, 0.25) is 0 Å². The van der Waals surface area contributed by atoms with Crippen LogP contribution in [0.5, 0.6) is 5.75 Å². The lowest BCUT2D eigenvalue weighted by atomic mass is 10.1. The molecule has 0 radical (unpaired) electrons. The number of aliphatic hydroxyl groups is 1. The van der Waals surface area contributed by atoms with Crippen molar-refractivity contribution in [2.75, 3.05) is 31.6 Å². The fourth-order valence-corrected chi connectivity index (χ4v) is 2.91. The average molecular weight is 519 g/mol. The van der Waals surface area contributed by atoms with Crippen LogP contribution in [0.4, 0.5) is 20.2 Å². The Morgan fingerprint density at radius 3 is 2.59 bits per heavy atom. The van der Waals surface area contributed by atoms with Gasteiger partial charge in [-0.05, 0) is 46.9 Å². The zero-order valence-corrected chi connectivity index (χ0v) is 17.5. The summed E-state index contributed by atoms with van der Waals surface area (Å²) in [5, 5.41) is 14.1. The zero-order valence-electron chi connectivity index (χ0n) is 15.3. The third kappa shape index (κ3) is 6.91. The summed E-state index contributed by atoms with van der Waals surface area (Å²) >= 11 is 1.95. The summed E-state index contributed by atoms with van der Waals surface area (Å²) in [5.41, 5.74) is 5.24. The number of hydrogen-bond donors (Lipinski definition) is 4. The molecule has 0 heterocycles. The van der Waals surface area contributed by atoms with Crippen molar-refractivity contribution in [3.63, 3.8) is 0 Å². The van der Waals surface area contributed by atoms with Gasteiger partial charge in [-0.25, -0.2) is 8.78 Å². The number of rotatable bonds is 11. The fraction of sp³-hybridized carbons (Fsp3) is 0.263. The van der Waals surface area contributed by atoms with E-state index in [9.17, 15) is 18.4 Å². The van der Waals surface area contributed by atoms with Gasteiger partial charge in [0.25, 0.3) is 5.91 Å². The topological polar surface area (TPSA) is 114 Å². The number of ether oxygens (including phenoxy) is 1. The number of nitrogens with one attached hydrogen (secondary N) is 2. The first-order valence-electron chi connectivity index (χ1n) is 8.63. The number of carbonyl (C=O) groups excluding carboxylic acids is 2. The first-order valence-corrected chi connectivity index (χ1v) is 9.71. The molecule has 0 aliphatic heterocycles. The second-order valence-corrected chi connectivity index (χ2v) is 7.22. The van der Waals surface area contributed by atoms with Crippen LogP contribution < -0.4 is 21.1 Å². The molecule has 0 atom stereocenters. The molecule has 0 unspecified atom stereocenters. The highest BCUT2D eigenvalue weighted by molar-refractivity contribution is 14.1. The summed E-state index contributed by atoms with van der Waals surface area (Å²) in [6, 6.07) is 6.35. The molecule has 2 aromatic rings. The summed E-state index contributed by atoms with van der Waals surface area (Å²) in [4.78, 5) is 23.7. The van der Waals surface area contributed by atoms with E-state index in [1.165, 1.54) is 12.1 Å². The molecule has 29 heavy (non-hydrogen) atoms. The molecule has 156 valence electrons. The van der Waals surface area contributed by atoms with Crippen LogP contribution in [0.15, 0.2) is 30.3 Å². The molecule has 0 bridgehead atoms. The molecule has 0 saturated carbocycles. The quantitative estimate of drug-likeness (QED) is 0.268. The largest absolute Gasteiger partial charge is 0.492 e. The molecule has 10 heteroatoms. The molecule has 0 aliphatic rings. The molecule has 7 nitrogen and oxygen atoms in total. The van der Waals surface area contributed by atoms with E-state index < -0.39 is 17.5 Å². The Balaban J connectivity index is 2.18. The van der Waals surface area contributed by atoms with E-state index in [0.29, 0.717) is 3.57 Å². The van der Waals surface area contributed by atoms with Crippen LogP contribution in [0.25, 0.3) is 0 Å². The van der Waals surface area contributed by atoms with E-state index >= 15 is 0 Å². The van der Waals surface area contributed by atoms with Gasteiger partial charge < -0.3 is 26.2 Å². The molecule has 2 aromatic carbocycles. The Bertz CT molecular complexity index is 896. The monoisotopic (exact) mass is 519 g/mol. The maximum absolute atomic E-state index is 14.1. The summed E-state index contributed by atoms with van der Waals surface area (Å²) in [5.74, 6) is -2.55. The van der Waals surface area contributed by atoms with E-state index in [2.05, 4.69) is 10.6 Å². The third-order valence-electron chi connectivity index (χ3n) is 3.76. The predicted octanol–water partition coefficient (Wildman–Crippen LogP) is 2.33. The van der Waals surface area contributed by atoms with Crippen molar-refractivity contribution in [2.45, 2.75) is 6.42 Å². The van der Waals surface area contributed by atoms with Gasteiger partial charge in [0.15, 0.2) is 0 Å². The van der Waals surface area contributed by atoms with Crippen LogP contribution in [0.3, 0.4) is 0 Å². The van der Waals surface area contributed by atoms with E-state index in [0.717, 1.165) is 12.1 Å². The first-order chi connectivity index (χ1) is 13.8. The molecule has 0 fully saturated rings. The van der Waals surface area contributed by atoms with E-state index in [-0.39, 0.29) is 61.2 Å². The van der Waals surface area contributed by atoms with E-state index in [1.54, 1.807) is 6.07 Å². The minimum Gasteiger partial charge on any atom is -0.492 e. The van der Waals surface area contributed by atoms with E-state index in [4.69, 9.17) is 15.6 Å². The normalized spacial score (nSPS) is 10.6. The number of benzene rings is 2. The number of halogens is 3. The molecular weight excluding hydrogens is 499 g/mol. The average Bonchev–Trinajstić information content (AvgIpc) is 2.63. The maximum atomic E-state index is 14.1. The Kier molecular flexibility index (Phi) is 8.73. The first kappa shape index (κ1) is 23.0. The molecule has 1 amide bonds. The van der Waals surface area contributed by atoms with Gasteiger partial charge in [0, 0.05) is 22.6 Å². The summed E-state index contributed by atoms with van der Waals surface area (Å²) in [6.45, 7) is 0.133. The number of nitrogens with two attached hydrogens (primary N) is 1. The Labute approximate surface area is 179 Å². The van der Waals surface area contributed by atoms with Crippen molar-refractivity contribution >= 4 is 45.7 Å². The Hall–Kier alpha value is -2.31. The van der Waals surface area contributed by atoms with Gasteiger partial charge in [-0.2, -0.15) is 0 Å². The third-order valence-corrected chi connectivity index (χ3v) is 4.43. The molecule has 0 saturated heterocycles. The van der Waals surface area contributed by atoms with Crippen molar-refractivity contribution < 1.29 is 28.2 Å². The van der Waals surface area contributed by atoms with Crippen LogP contribution >= 0.6 is 22.6 Å². The Morgan fingerprint density at radius 2 is 1.93 bits per heavy atom. The zero-order chi connectivity index (χ0) is 21.4. The molecule has 0 spiro atoms. The second kappa shape index (κ2) is 11.0. The second-order valence-electron chi connectivity index (χ2n) is 5.98. The van der Waals surface area contributed by atoms with E-state index in [1.807, 2.05) is 22.6 Å². The molecule has 5 N–H and O–H groups in total. The van der Waals surface area contributed by atoms with Crippen LogP contribution in [-0.2, 0) is 4.79 Å². The predicted molar refractivity (Wildman–Crippen MR) is 112 cm³/mol. The highest BCUT2D eigenvalue weighted by atomic mass is 127.